The summed E-state index contributed by atoms with van der Waals surface area (Å²) in [7, 11) is 0. The summed E-state index contributed by atoms with van der Waals surface area (Å²) in [6, 6.07) is 3.50. The van der Waals surface area contributed by atoms with Crippen molar-refractivity contribution in [1.29, 1.82) is 0 Å². The van der Waals surface area contributed by atoms with Crippen molar-refractivity contribution in [2.75, 3.05) is 18.0 Å². The van der Waals surface area contributed by atoms with Crippen LogP contribution < -0.4 is 21.5 Å². The van der Waals surface area contributed by atoms with Crippen molar-refractivity contribution in [3.05, 3.63) is 29.1 Å². The quantitative estimate of drug-likeness (QED) is 0.578. The number of rotatable bonds is 4. The molecule has 19 heavy (non-hydrogen) atoms. The van der Waals surface area contributed by atoms with Gasteiger partial charge in [0.25, 0.3) is 0 Å². The molecule has 6 heteroatoms. The first-order chi connectivity index (χ1) is 9.08. The van der Waals surface area contributed by atoms with E-state index >= 15 is 0 Å². The molecule has 0 spiro atoms. The van der Waals surface area contributed by atoms with Crippen LogP contribution in [-0.2, 0) is 6.54 Å². The lowest BCUT2D eigenvalue weighted by Gasteiger charge is -2.22. The van der Waals surface area contributed by atoms with Crippen molar-refractivity contribution in [2.45, 2.75) is 26.3 Å². The third-order valence-corrected chi connectivity index (χ3v) is 3.40. The van der Waals surface area contributed by atoms with E-state index in [1.165, 1.54) is 12.8 Å². The van der Waals surface area contributed by atoms with Gasteiger partial charge >= 0.3 is 0 Å². The highest BCUT2D eigenvalue weighted by atomic mass is 32.1. The van der Waals surface area contributed by atoms with Crippen LogP contribution in [0.25, 0.3) is 0 Å². The molecule has 1 heterocycles. The summed E-state index contributed by atoms with van der Waals surface area (Å²) < 4.78 is 13.7. The minimum Gasteiger partial charge on any atom is -0.375 e. The Labute approximate surface area is 118 Å². The molecule has 1 saturated heterocycles. The number of hydrogen-bond donors (Lipinski definition) is 3. The molecule has 1 aliphatic heterocycles. The zero-order valence-electron chi connectivity index (χ0n) is 11.0. The van der Waals surface area contributed by atoms with Crippen molar-refractivity contribution in [1.82, 2.24) is 10.9 Å². The van der Waals surface area contributed by atoms with E-state index in [0.29, 0.717) is 12.1 Å². The normalized spacial score (nSPS) is 14.7. The molecule has 104 valence electrons. The third-order valence-electron chi connectivity index (χ3n) is 3.30. The molecule has 0 amide bonds. The second-order valence-corrected chi connectivity index (χ2v) is 5.21. The van der Waals surface area contributed by atoms with Crippen LogP contribution in [0, 0.1) is 12.7 Å². The largest absolute Gasteiger partial charge is 0.375 e. The molecule has 4 nitrogen and oxygen atoms in total. The first-order valence-electron chi connectivity index (χ1n) is 6.40. The molecule has 1 aliphatic rings. The van der Waals surface area contributed by atoms with Gasteiger partial charge in [-0.05, 0) is 55.2 Å². The highest BCUT2D eigenvalue weighted by Crippen LogP contribution is 2.27. The fraction of sp³-hybridized carbons (Fsp3) is 0.462. The van der Waals surface area contributed by atoms with Crippen LogP contribution in [0.3, 0.4) is 0 Å². The van der Waals surface area contributed by atoms with E-state index in [1.807, 2.05) is 6.07 Å². The molecule has 0 aromatic heterocycles. The van der Waals surface area contributed by atoms with Gasteiger partial charge in [-0.2, -0.15) is 0 Å². The van der Waals surface area contributed by atoms with Gasteiger partial charge < -0.3 is 10.6 Å². The van der Waals surface area contributed by atoms with Crippen molar-refractivity contribution in [3.8, 4) is 0 Å². The lowest BCUT2D eigenvalue weighted by atomic mass is 10.1. The number of hydrazine groups is 1. The molecule has 1 aromatic rings. The number of nitrogens with zero attached hydrogens (tertiary/aromatic N) is 1. The standard InChI is InChI=1S/C13H19FN4S/c1-9-6-12(18-4-2-3-5-18)10(7-11(9)14)8-16-17-13(15)19/h6-7,16H,2-5,8H2,1H3,(H3,15,17,19). The van der Waals surface area contributed by atoms with E-state index in [2.05, 4.69) is 15.8 Å². The molecule has 1 fully saturated rings. The fourth-order valence-electron chi connectivity index (χ4n) is 2.33. The molecule has 2 rings (SSSR count). The molecule has 0 aliphatic carbocycles. The van der Waals surface area contributed by atoms with Crippen LogP contribution in [0.5, 0.6) is 0 Å². The van der Waals surface area contributed by atoms with E-state index in [-0.39, 0.29) is 10.9 Å². The van der Waals surface area contributed by atoms with Crippen molar-refractivity contribution in [2.24, 2.45) is 5.73 Å². The Balaban J connectivity index is 2.18. The van der Waals surface area contributed by atoms with Gasteiger partial charge in [0.1, 0.15) is 5.82 Å². The number of hydrogen-bond acceptors (Lipinski definition) is 3. The van der Waals surface area contributed by atoms with E-state index < -0.39 is 0 Å². The second-order valence-electron chi connectivity index (χ2n) is 4.77. The van der Waals surface area contributed by atoms with Crippen LogP contribution in [0.4, 0.5) is 10.1 Å². The average Bonchev–Trinajstić information content (AvgIpc) is 2.86. The van der Waals surface area contributed by atoms with E-state index in [4.69, 9.17) is 18.0 Å². The summed E-state index contributed by atoms with van der Waals surface area (Å²) in [4.78, 5) is 2.30. The molecule has 0 radical (unpaired) electrons. The van der Waals surface area contributed by atoms with Crippen molar-refractivity contribution in [3.63, 3.8) is 0 Å². The summed E-state index contributed by atoms with van der Waals surface area (Å²) in [5, 5.41) is 0.176. The number of aryl methyl sites for hydroxylation is 1. The molecular weight excluding hydrogens is 263 g/mol. The summed E-state index contributed by atoms with van der Waals surface area (Å²) in [5.74, 6) is -0.185. The maximum atomic E-state index is 13.7. The van der Waals surface area contributed by atoms with E-state index in [0.717, 1.165) is 24.3 Å². The number of nitrogens with one attached hydrogen (secondary N) is 2. The van der Waals surface area contributed by atoms with Gasteiger partial charge in [-0.25, -0.2) is 9.82 Å². The summed E-state index contributed by atoms with van der Waals surface area (Å²) in [5.41, 5.74) is 13.6. The summed E-state index contributed by atoms with van der Waals surface area (Å²) in [6.07, 6.45) is 2.38. The first kappa shape index (κ1) is 14.0. The number of benzene rings is 1. The topological polar surface area (TPSA) is 53.3 Å². The second kappa shape index (κ2) is 6.16. The Morgan fingerprint density at radius 3 is 2.74 bits per heavy atom. The smallest absolute Gasteiger partial charge is 0.178 e. The van der Waals surface area contributed by atoms with Crippen LogP contribution in [0.15, 0.2) is 12.1 Å². The van der Waals surface area contributed by atoms with Gasteiger partial charge in [0, 0.05) is 25.3 Å². The van der Waals surface area contributed by atoms with E-state index in [1.54, 1.807) is 13.0 Å². The van der Waals surface area contributed by atoms with Gasteiger partial charge in [0.15, 0.2) is 5.11 Å². The lowest BCUT2D eigenvalue weighted by molar-refractivity contribution is 0.607. The minimum atomic E-state index is -0.185. The van der Waals surface area contributed by atoms with Crippen LogP contribution in [0.1, 0.15) is 24.0 Å². The van der Waals surface area contributed by atoms with Gasteiger partial charge in [0.05, 0.1) is 0 Å². The molecule has 1 aromatic carbocycles. The Kier molecular flexibility index (Phi) is 4.55. The molecular formula is C13H19FN4S. The molecule has 4 N–H and O–H groups in total. The summed E-state index contributed by atoms with van der Waals surface area (Å²) >= 11 is 4.72. The van der Waals surface area contributed by atoms with Gasteiger partial charge in [-0.3, -0.25) is 5.43 Å². The van der Waals surface area contributed by atoms with Crippen LogP contribution >= 0.6 is 12.2 Å². The number of anilines is 1. The zero-order chi connectivity index (χ0) is 13.8. The first-order valence-corrected chi connectivity index (χ1v) is 6.81. The maximum absolute atomic E-state index is 13.7. The van der Waals surface area contributed by atoms with Crippen LogP contribution in [0.2, 0.25) is 0 Å². The Hall–Kier alpha value is -1.40. The highest BCUT2D eigenvalue weighted by Gasteiger charge is 2.17. The molecule has 0 atom stereocenters. The Bertz CT molecular complexity index is 472. The molecule has 0 unspecified atom stereocenters. The predicted octanol–water partition coefficient (Wildman–Crippen LogP) is 1.57. The number of nitrogens with two attached hydrogens (primary N) is 1. The van der Waals surface area contributed by atoms with Crippen molar-refractivity contribution >= 4 is 23.0 Å². The minimum absolute atomic E-state index is 0.176. The van der Waals surface area contributed by atoms with Gasteiger partial charge in [-0.15, -0.1) is 0 Å². The predicted molar refractivity (Wildman–Crippen MR) is 79.3 cm³/mol. The number of halogens is 1. The lowest BCUT2D eigenvalue weighted by Crippen LogP contribution is -2.40. The highest BCUT2D eigenvalue weighted by molar-refractivity contribution is 7.80. The molecule has 0 saturated carbocycles. The monoisotopic (exact) mass is 282 g/mol. The van der Waals surface area contributed by atoms with Crippen LogP contribution in [-0.4, -0.2) is 18.2 Å². The number of thiocarbonyl (C=S) groups is 1. The van der Waals surface area contributed by atoms with Gasteiger partial charge in [0.2, 0.25) is 0 Å². The molecule has 0 bridgehead atoms. The van der Waals surface area contributed by atoms with Gasteiger partial charge in [-0.1, -0.05) is 0 Å². The fourth-order valence-corrected chi connectivity index (χ4v) is 2.40. The summed E-state index contributed by atoms with van der Waals surface area (Å²) in [6.45, 7) is 4.32. The SMILES string of the molecule is Cc1cc(N2CCCC2)c(CNNC(N)=S)cc1F. The third kappa shape index (κ3) is 3.54. The Morgan fingerprint density at radius 2 is 2.11 bits per heavy atom. The Morgan fingerprint density at radius 1 is 1.42 bits per heavy atom. The average molecular weight is 282 g/mol. The zero-order valence-corrected chi connectivity index (χ0v) is 11.8. The van der Waals surface area contributed by atoms with E-state index in [9.17, 15) is 4.39 Å². The van der Waals surface area contributed by atoms with Crippen molar-refractivity contribution < 1.29 is 4.39 Å². The maximum Gasteiger partial charge on any atom is 0.178 e.